The van der Waals surface area contributed by atoms with Gasteiger partial charge in [0.15, 0.2) is 0 Å². The Kier molecular flexibility index (Phi) is 5.48. The molecule has 0 spiro atoms. The standard InChI is InChI=1S/C18H25N3O3/c1-14-12-15-4-2-3-5-16(15)21(14)18(23)13-17(22)19-6-7-20-8-10-24-11-9-20/h2-5,14H,6-13H2,1H3,(H,19,22). The SMILES string of the molecule is CC1Cc2ccccc2N1C(=O)CC(=O)NCCN1CCOCC1. The molecule has 2 aliphatic heterocycles. The fourth-order valence-corrected chi connectivity index (χ4v) is 3.41. The van der Waals surface area contributed by atoms with Crippen molar-refractivity contribution in [2.75, 3.05) is 44.3 Å². The Labute approximate surface area is 142 Å². The first kappa shape index (κ1) is 16.9. The lowest BCUT2D eigenvalue weighted by Crippen LogP contribution is -2.43. The summed E-state index contributed by atoms with van der Waals surface area (Å²) in [5.74, 6) is -0.332. The van der Waals surface area contributed by atoms with Gasteiger partial charge in [0.05, 0.1) is 13.2 Å². The molecule has 2 aliphatic rings. The Balaban J connectivity index is 1.47. The number of rotatable bonds is 5. The second kappa shape index (κ2) is 7.77. The van der Waals surface area contributed by atoms with E-state index in [1.54, 1.807) is 4.90 Å². The van der Waals surface area contributed by atoms with Crippen molar-refractivity contribution in [2.24, 2.45) is 0 Å². The highest BCUT2D eigenvalue weighted by molar-refractivity contribution is 6.06. The van der Waals surface area contributed by atoms with Crippen LogP contribution in [-0.2, 0) is 20.7 Å². The number of nitrogens with zero attached hydrogens (tertiary/aromatic N) is 2. The van der Waals surface area contributed by atoms with Crippen LogP contribution < -0.4 is 10.2 Å². The van der Waals surface area contributed by atoms with Crippen molar-refractivity contribution >= 4 is 17.5 Å². The van der Waals surface area contributed by atoms with Gasteiger partial charge in [-0.05, 0) is 25.0 Å². The van der Waals surface area contributed by atoms with E-state index in [-0.39, 0.29) is 24.3 Å². The van der Waals surface area contributed by atoms with Gasteiger partial charge >= 0.3 is 0 Å². The molecule has 1 aromatic carbocycles. The van der Waals surface area contributed by atoms with Gasteiger partial charge < -0.3 is 15.0 Å². The minimum atomic E-state index is -0.204. The zero-order valence-corrected chi connectivity index (χ0v) is 14.2. The smallest absolute Gasteiger partial charge is 0.236 e. The summed E-state index contributed by atoms with van der Waals surface area (Å²) in [6.45, 7) is 6.68. The van der Waals surface area contributed by atoms with E-state index in [4.69, 9.17) is 4.74 Å². The molecular weight excluding hydrogens is 306 g/mol. The monoisotopic (exact) mass is 331 g/mol. The second-order valence-electron chi connectivity index (χ2n) is 6.43. The second-order valence-corrected chi connectivity index (χ2v) is 6.43. The van der Waals surface area contributed by atoms with Gasteiger partial charge in [-0.15, -0.1) is 0 Å². The number of ether oxygens (including phenoxy) is 1. The number of hydrogen-bond acceptors (Lipinski definition) is 4. The average Bonchev–Trinajstić information content (AvgIpc) is 2.91. The lowest BCUT2D eigenvalue weighted by Gasteiger charge is -2.26. The fraction of sp³-hybridized carbons (Fsp3) is 0.556. The van der Waals surface area contributed by atoms with Gasteiger partial charge in [0.2, 0.25) is 11.8 Å². The Morgan fingerprint density at radius 2 is 2.00 bits per heavy atom. The van der Waals surface area contributed by atoms with Crippen LogP contribution in [0.25, 0.3) is 0 Å². The number of hydrogen-bond donors (Lipinski definition) is 1. The molecule has 0 radical (unpaired) electrons. The van der Waals surface area contributed by atoms with Gasteiger partial charge in [-0.2, -0.15) is 0 Å². The molecule has 1 atom stereocenters. The van der Waals surface area contributed by atoms with Crippen LogP contribution in [0, 0.1) is 0 Å². The van der Waals surface area contributed by atoms with Crippen LogP contribution >= 0.6 is 0 Å². The molecule has 1 saturated heterocycles. The molecule has 1 unspecified atom stereocenters. The summed E-state index contributed by atoms with van der Waals surface area (Å²) in [5.41, 5.74) is 2.11. The highest BCUT2D eigenvalue weighted by atomic mass is 16.5. The van der Waals surface area contributed by atoms with Crippen molar-refractivity contribution in [3.05, 3.63) is 29.8 Å². The number of carbonyl (C=O) groups excluding carboxylic acids is 2. The summed E-state index contributed by atoms with van der Waals surface area (Å²) in [4.78, 5) is 28.6. The van der Waals surface area contributed by atoms with Gasteiger partial charge in [0.1, 0.15) is 6.42 Å². The largest absolute Gasteiger partial charge is 0.379 e. The molecule has 2 amide bonds. The third-order valence-electron chi connectivity index (χ3n) is 4.64. The number of carbonyl (C=O) groups is 2. The quantitative estimate of drug-likeness (QED) is 0.811. The Bertz CT molecular complexity index is 599. The lowest BCUT2D eigenvalue weighted by molar-refractivity contribution is -0.128. The van der Waals surface area contributed by atoms with Crippen molar-refractivity contribution in [3.63, 3.8) is 0 Å². The van der Waals surface area contributed by atoms with Gasteiger partial charge in [-0.3, -0.25) is 14.5 Å². The molecule has 0 aliphatic carbocycles. The zero-order valence-electron chi connectivity index (χ0n) is 14.2. The minimum Gasteiger partial charge on any atom is -0.379 e. The number of para-hydroxylation sites is 1. The molecule has 1 aromatic rings. The van der Waals surface area contributed by atoms with Crippen LogP contribution in [0.2, 0.25) is 0 Å². The molecule has 24 heavy (non-hydrogen) atoms. The summed E-state index contributed by atoms with van der Waals surface area (Å²) in [6, 6.07) is 8.02. The highest BCUT2D eigenvalue weighted by Gasteiger charge is 2.31. The minimum absolute atomic E-state index is 0.0955. The maximum absolute atomic E-state index is 12.5. The van der Waals surface area contributed by atoms with E-state index in [2.05, 4.69) is 10.2 Å². The van der Waals surface area contributed by atoms with Crippen LogP contribution in [0.5, 0.6) is 0 Å². The zero-order chi connectivity index (χ0) is 16.9. The van der Waals surface area contributed by atoms with Crippen molar-refractivity contribution in [1.82, 2.24) is 10.2 Å². The first-order valence-corrected chi connectivity index (χ1v) is 8.62. The summed E-state index contributed by atoms with van der Waals surface area (Å²) in [7, 11) is 0. The molecule has 130 valence electrons. The summed E-state index contributed by atoms with van der Waals surface area (Å²) in [5, 5.41) is 2.85. The molecule has 6 nitrogen and oxygen atoms in total. The molecule has 0 bridgehead atoms. The van der Waals surface area contributed by atoms with Crippen LogP contribution in [0.15, 0.2) is 24.3 Å². The predicted molar refractivity (Wildman–Crippen MR) is 92.0 cm³/mol. The van der Waals surface area contributed by atoms with Crippen LogP contribution in [0.4, 0.5) is 5.69 Å². The maximum Gasteiger partial charge on any atom is 0.236 e. The van der Waals surface area contributed by atoms with Crippen molar-refractivity contribution in [3.8, 4) is 0 Å². The van der Waals surface area contributed by atoms with E-state index in [9.17, 15) is 9.59 Å². The first-order chi connectivity index (χ1) is 11.6. The first-order valence-electron chi connectivity index (χ1n) is 8.62. The Morgan fingerprint density at radius 3 is 2.79 bits per heavy atom. The van der Waals surface area contributed by atoms with Crippen molar-refractivity contribution in [2.45, 2.75) is 25.8 Å². The summed E-state index contributed by atoms with van der Waals surface area (Å²) >= 11 is 0. The van der Waals surface area contributed by atoms with Crippen LogP contribution in [-0.4, -0.2) is 62.1 Å². The van der Waals surface area contributed by atoms with Crippen molar-refractivity contribution in [1.29, 1.82) is 0 Å². The normalized spacial score (nSPS) is 20.7. The average molecular weight is 331 g/mol. The number of morpholine rings is 1. The molecule has 1 fully saturated rings. The fourth-order valence-electron chi connectivity index (χ4n) is 3.41. The van der Waals surface area contributed by atoms with Gasteiger partial charge in [-0.1, -0.05) is 18.2 Å². The number of anilines is 1. The molecule has 6 heteroatoms. The molecular formula is C18H25N3O3. The Morgan fingerprint density at radius 1 is 1.25 bits per heavy atom. The van der Waals surface area contributed by atoms with E-state index in [1.165, 1.54) is 5.56 Å². The van der Waals surface area contributed by atoms with Crippen LogP contribution in [0.1, 0.15) is 18.9 Å². The van der Waals surface area contributed by atoms with Gasteiger partial charge in [0.25, 0.3) is 0 Å². The van der Waals surface area contributed by atoms with E-state index in [1.807, 2.05) is 31.2 Å². The summed E-state index contributed by atoms with van der Waals surface area (Å²) in [6.07, 6.45) is 0.752. The number of benzene rings is 1. The third-order valence-corrected chi connectivity index (χ3v) is 4.64. The Hall–Kier alpha value is -1.92. The number of fused-ring (bicyclic) bond motifs is 1. The highest BCUT2D eigenvalue weighted by Crippen LogP contribution is 2.32. The van der Waals surface area contributed by atoms with Gasteiger partial charge in [0, 0.05) is 37.9 Å². The van der Waals surface area contributed by atoms with Gasteiger partial charge in [-0.25, -0.2) is 0 Å². The van der Waals surface area contributed by atoms with E-state index in [0.717, 1.165) is 45.0 Å². The third kappa shape index (κ3) is 3.94. The van der Waals surface area contributed by atoms with E-state index < -0.39 is 0 Å². The summed E-state index contributed by atoms with van der Waals surface area (Å²) < 4.78 is 5.30. The van der Waals surface area contributed by atoms with E-state index >= 15 is 0 Å². The topological polar surface area (TPSA) is 61.9 Å². The molecule has 0 saturated carbocycles. The number of amides is 2. The van der Waals surface area contributed by atoms with Crippen LogP contribution in [0.3, 0.4) is 0 Å². The van der Waals surface area contributed by atoms with Crippen molar-refractivity contribution < 1.29 is 14.3 Å². The lowest BCUT2D eigenvalue weighted by atomic mass is 10.1. The number of nitrogens with one attached hydrogen (secondary N) is 1. The molecule has 0 aromatic heterocycles. The maximum atomic E-state index is 12.5. The van der Waals surface area contributed by atoms with E-state index in [0.29, 0.717) is 6.54 Å². The molecule has 1 N–H and O–H groups in total. The molecule has 3 rings (SSSR count). The molecule has 2 heterocycles. The predicted octanol–water partition coefficient (Wildman–Crippen LogP) is 0.803.